The summed E-state index contributed by atoms with van der Waals surface area (Å²) in [6.07, 6.45) is 0.845. The van der Waals surface area contributed by atoms with Crippen molar-refractivity contribution in [2.75, 3.05) is 24.7 Å². The van der Waals surface area contributed by atoms with Crippen molar-refractivity contribution >= 4 is 34.0 Å². The van der Waals surface area contributed by atoms with Crippen molar-refractivity contribution in [2.24, 2.45) is 0 Å². The SMILES string of the molecule is CCn1c(SCC(=O)Nc2sc3c(c2C#N)CCN(C)C3)nnc1-c1ccccc1. The molecule has 0 atom stereocenters. The molecule has 0 saturated heterocycles. The van der Waals surface area contributed by atoms with E-state index >= 15 is 0 Å². The smallest absolute Gasteiger partial charge is 0.235 e. The molecule has 1 aliphatic rings. The number of nitrogens with zero attached hydrogens (tertiary/aromatic N) is 5. The van der Waals surface area contributed by atoms with Crippen LogP contribution in [0.15, 0.2) is 35.5 Å². The number of hydrogen-bond acceptors (Lipinski definition) is 7. The number of carbonyl (C=O) groups excluding carboxylic acids is 1. The second kappa shape index (κ2) is 9.00. The molecule has 0 radical (unpaired) electrons. The number of benzene rings is 1. The van der Waals surface area contributed by atoms with E-state index in [1.807, 2.05) is 41.8 Å². The summed E-state index contributed by atoms with van der Waals surface area (Å²) in [5.41, 5.74) is 2.70. The molecule has 1 aromatic carbocycles. The van der Waals surface area contributed by atoms with Crippen molar-refractivity contribution < 1.29 is 4.79 Å². The molecule has 0 spiro atoms. The summed E-state index contributed by atoms with van der Waals surface area (Å²) in [6, 6.07) is 12.2. The number of hydrogen-bond donors (Lipinski definition) is 1. The quantitative estimate of drug-likeness (QED) is 0.592. The fourth-order valence-electron chi connectivity index (χ4n) is 3.51. The Balaban J connectivity index is 1.45. The topological polar surface area (TPSA) is 86.8 Å². The first-order valence-electron chi connectivity index (χ1n) is 9.75. The number of anilines is 1. The van der Waals surface area contributed by atoms with Crippen molar-refractivity contribution in [1.29, 1.82) is 5.26 Å². The Kier molecular flexibility index (Phi) is 6.18. The number of aromatic nitrogens is 3. The Morgan fingerprint density at radius 3 is 2.87 bits per heavy atom. The summed E-state index contributed by atoms with van der Waals surface area (Å²) in [5, 5.41) is 22.5. The summed E-state index contributed by atoms with van der Waals surface area (Å²) in [6.45, 7) is 4.50. The molecule has 0 fully saturated rings. The highest BCUT2D eigenvalue weighted by atomic mass is 32.2. The van der Waals surface area contributed by atoms with E-state index in [0.717, 1.165) is 36.5 Å². The van der Waals surface area contributed by atoms with Gasteiger partial charge in [-0.25, -0.2) is 0 Å². The minimum absolute atomic E-state index is 0.143. The Hall–Kier alpha value is -2.67. The Morgan fingerprint density at radius 2 is 2.13 bits per heavy atom. The second-order valence-corrected chi connectivity index (χ2v) is 9.11. The van der Waals surface area contributed by atoms with Crippen molar-refractivity contribution in [3.8, 4) is 17.5 Å². The van der Waals surface area contributed by atoms with E-state index in [-0.39, 0.29) is 11.7 Å². The zero-order chi connectivity index (χ0) is 21.1. The summed E-state index contributed by atoms with van der Waals surface area (Å²) < 4.78 is 2.01. The average Bonchev–Trinajstić information content (AvgIpc) is 3.32. The molecule has 1 amide bonds. The van der Waals surface area contributed by atoms with Crippen LogP contribution in [0, 0.1) is 11.3 Å². The van der Waals surface area contributed by atoms with Gasteiger partial charge in [0.1, 0.15) is 11.1 Å². The van der Waals surface area contributed by atoms with E-state index in [1.54, 1.807) is 0 Å². The molecule has 154 valence electrons. The first kappa shape index (κ1) is 20.6. The molecule has 3 aromatic rings. The lowest BCUT2D eigenvalue weighted by molar-refractivity contribution is -0.113. The van der Waals surface area contributed by atoms with Crippen LogP contribution in [-0.2, 0) is 24.3 Å². The van der Waals surface area contributed by atoms with Gasteiger partial charge in [-0.2, -0.15) is 5.26 Å². The maximum atomic E-state index is 12.6. The predicted molar refractivity (Wildman–Crippen MR) is 120 cm³/mol. The molecule has 2 aromatic heterocycles. The third-order valence-electron chi connectivity index (χ3n) is 5.01. The van der Waals surface area contributed by atoms with E-state index in [2.05, 4.69) is 33.5 Å². The highest BCUT2D eigenvalue weighted by Gasteiger charge is 2.24. The predicted octanol–water partition coefficient (Wildman–Crippen LogP) is 3.62. The number of thioether (sulfide) groups is 1. The molecule has 1 N–H and O–H groups in total. The van der Waals surface area contributed by atoms with Gasteiger partial charge in [0.2, 0.25) is 5.91 Å². The molecule has 30 heavy (non-hydrogen) atoms. The molecule has 0 aliphatic carbocycles. The van der Waals surface area contributed by atoms with Gasteiger partial charge in [0, 0.05) is 30.1 Å². The molecule has 4 rings (SSSR count). The van der Waals surface area contributed by atoms with Gasteiger partial charge in [0.05, 0.1) is 11.3 Å². The fraction of sp³-hybridized carbons (Fsp3) is 0.333. The van der Waals surface area contributed by atoms with Crippen LogP contribution < -0.4 is 5.32 Å². The van der Waals surface area contributed by atoms with Crippen molar-refractivity contribution in [2.45, 2.75) is 31.6 Å². The summed E-state index contributed by atoms with van der Waals surface area (Å²) in [7, 11) is 2.07. The number of likely N-dealkylation sites (N-methyl/N-ethyl adjacent to an activating group) is 1. The lowest BCUT2D eigenvalue weighted by Crippen LogP contribution is -2.25. The third-order valence-corrected chi connectivity index (χ3v) is 7.11. The molecular formula is C21H22N6OS2. The van der Waals surface area contributed by atoms with Crippen LogP contribution in [0.25, 0.3) is 11.4 Å². The van der Waals surface area contributed by atoms with Crippen molar-refractivity contribution in [3.63, 3.8) is 0 Å². The van der Waals surface area contributed by atoms with Gasteiger partial charge in [-0.05, 0) is 26.0 Å². The van der Waals surface area contributed by atoms with Gasteiger partial charge in [-0.15, -0.1) is 21.5 Å². The van der Waals surface area contributed by atoms with E-state index in [1.165, 1.54) is 28.0 Å². The van der Waals surface area contributed by atoms with Crippen molar-refractivity contribution in [3.05, 3.63) is 46.3 Å². The third kappa shape index (κ3) is 4.12. The Bertz CT molecular complexity index is 1100. The van der Waals surface area contributed by atoms with Crippen LogP contribution in [0.1, 0.15) is 22.9 Å². The molecular weight excluding hydrogens is 416 g/mol. The monoisotopic (exact) mass is 438 g/mol. The number of carbonyl (C=O) groups is 1. The summed E-state index contributed by atoms with van der Waals surface area (Å²) >= 11 is 2.86. The average molecular weight is 439 g/mol. The van der Waals surface area contributed by atoms with Crippen LogP contribution in [-0.4, -0.2) is 44.9 Å². The number of nitriles is 1. The summed E-state index contributed by atoms with van der Waals surface area (Å²) in [5.74, 6) is 0.860. The number of thiophene rings is 1. The molecule has 0 saturated carbocycles. The van der Waals surface area contributed by atoms with Crippen LogP contribution in [0.5, 0.6) is 0 Å². The zero-order valence-corrected chi connectivity index (χ0v) is 18.5. The maximum absolute atomic E-state index is 12.6. The largest absolute Gasteiger partial charge is 0.316 e. The molecule has 9 heteroatoms. The van der Waals surface area contributed by atoms with Gasteiger partial charge < -0.3 is 14.8 Å². The van der Waals surface area contributed by atoms with E-state index in [0.29, 0.717) is 22.3 Å². The standard InChI is InChI=1S/C21H22N6OS2/c1-3-27-19(14-7-5-4-6-8-14)24-25-21(27)29-13-18(28)23-20-16(11-22)15-9-10-26(2)12-17(15)30-20/h4-8H,3,9-10,12-13H2,1-2H3,(H,23,28). The normalized spacial score (nSPS) is 13.6. The molecule has 3 heterocycles. The first-order chi connectivity index (χ1) is 14.6. The lowest BCUT2D eigenvalue weighted by atomic mass is 10.0. The van der Waals surface area contributed by atoms with E-state index in [4.69, 9.17) is 0 Å². The summed E-state index contributed by atoms with van der Waals surface area (Å²) in [4.78, 5) is 16.0. The molecule has 0 bridgehead atoms. The Morgan fingerprint density at radius 1 is 1.33 bits per heavy atom. The lowest BCUT2D eigenvalue weighted by Gasteiger charge is -2.21. The number of rotatable bonds is 6. The minimum Gasteiger partial charge on any atom is -0.316 e. The first-order valence-corrected chi connectivity index (χ1v) is 11.5. The van der Waals surface area contributed by atoms with Gasteiger partial charge in [0.25, 0.3) is 0 Å². The Labute approximate surface area is 183 Å². The van der Waals surface area contributed by atoms with Crippen LogP contribution in [0.2, 0.25) is 0 Å². The highest BCUT2D eigenvalue weighted by Crippen LogP contribution is 2.36. The molecule has 0 unspecified atom stereocenters. The fourth-order valence-corrected chi connectivity index (χ4v) is 5.61. The number of amides is 1. The molecule has 7 nitrogen and oxygen atoms in total. The maximum Gasteiger partial charge on any atom is 0.235 e. The van der Waals surface area contributed by atoms with Gasteiger partial charge in [0.15, 0.2) is 11.0 Å². The van der Waals surface area contributed by atoms with Crippen LogP contribution >= 0.6 is 23.1 Å². The molecule has 1 aliphatic heterocycles. The van der Waals surface area contributed by atoms with Crippen LogP contribution in [0.3, 0.4) is 0 Å². The van der Waals surface area contributed by atoms with Crippen molar-refractivity contribution in [1.82, 2.24) is 19.7 Å². The highest BCUT2D eigenvalue weighted by molar-refractivity contribution is 7.99. The van der Waals surface area contributed by atoms with Gasteiger partial charge in [-0.3, -0.25) is 4.79 Å². The van der Waals surface area contributed by atoms with Gasteiger partial charge >= 0.3 is 0 Å². The van der Waals surface area contributed by atoms with Crippen LogP contribution in [0.4, 0.5) is 5.00 Å². The number of fused-ring (bicyclic) bond motifs is 1. The zero-order valence-electron chi connectivity index (χ0n) is 16.9. The van der Waals surface area contributed by atoms with E-state index in [9.17, 15) is 10.1 Å². The van der Waals surface area contributed by atoms with Gasteiger partial charge in [-0.1, -0.05) is 42.1 Å². The van der Waals surface area contributed by atoms with E-state index < -0.39 is 0 Å². The number of nitrogens with one attached hydrogen (secondary N) is 1. The minimum atomic E-state index is -0.143. The second-order valence-electron chi connectivity index (χ2n) is 7.06.